The lowest BCUT2D eigenvalue weighted by atomic mass is 10.0. The third kappa shape index (κ3) is 4.18. The van der Waals surface area contributed by atoms with E-state index in [4.69, 9.17) is 9.97 Å². The summed E-state index contributed by atoms with van der Waals surface area (Å²) < 4.78 is 0. The van der Waals surface area contributed by atoms with Crippen molar-refractivity contribution in [3.8, 4) is 0 Å². The summed E-state index contributed by atoms with van der Waals surface area (Å²) in [6, 6.07) is 3.98. The van der Waals surface area contributed by atoms with Gasteiger partial charge in [-0.25, -0.2) is 9.97 Å². The van der Waals surface area contributed by atoms with Crippen molar-refractivity contribution in [1.29, 1.82) is 0 Å². The smallest absolute Gasteiger partial charge is 0.227 e. The summed E-state index contributed by atoms with van der Waals surface area (Å²) in [4.78, 5) is 18.6. The molecule has 0 saturated carbocycles. The van der Waals surface area contributed by atoms with E-state index in [9.17, 15) is 0 Å². The molecule has 0 amide bonds. The van der Waals surface area contributed by atoms with Gasteiger partial charge in [0.25, 0.3) is 0 Å². The van der Waals surface area contributed by atoms with E-state index in [2.05, 4.69) is 57.1 Å². The summed E-state index contributed by atoms with van der Waals surface area (Å²) in [6.45, 7) is 10.7. The Kier molecular flexibility index (Phi) is 5.76. The van der Waals surface area contributed by atoms with Crippen LogP contribution < -0.4 is 15.1 Å². The second kappa shape index (κ2) is 8.84. The number of piperidine rings is 1. The van der Waals surface area contributed by atoms with Gasteiger partial charge in [0.05, 0.1) is 5.69 Å². The predicted octanol–water partition coefficient (Wildman–Crippen LogP) is 4.52. The van der Waals surface area contributed by atoms with Gasteiger partial charge in [0.15, 0.2) is 5.82 Å². The van der Waals surface area contributed by atoms with Crippen molar-refractivity contribution in [2.45, 2.75) is 52.4 Å². The van der Waals surface area contributed by atoms with Crippen LogP contribution in [0.3, 0.4) is 0 Å². The molecule has 0 spiro atoms. The molecule has 0 bridgehead atoms. The summed E-state index contributed by atoms with van der Waals surface area (Å²) in [5.41, 5.74) is 0.999. The van der Waals surface area contributed by atoms with Crippen molar-refractivity contribution in [2.75, 3.05) is 41.3 Å². The molecule has 0 aromatic carbocycles. The Hall–Kier alpha value is -3.03. The zero-order valence-corrected chi connectivity index (χ0v) is 19.3. The maximum absolute atomic E-state index is 4.77. The van der Waals surface area contributed by atoms with Crippen LogP contribution in [0.25, 0.3) is 10.8 Å². The predicted molar refractivity (Wildman–Crippen MR) is 129 cm³/mol. The Morgan fingerprint density at radius 1 is 0.969 bits per heavy atom. The van der Waals surface area contributed by atoms with Crippen LogP contribution in [0, 0.1) is 5.92 Å². The molecule has 1 N–H and O–H groups in total. The Bertz CT molecular complexity index is 1090. The number of rotatable bonds is 5. The Morgan fingerprint density at radius 3 is 2.56 bits per heavy atom. The van der Waals surface area contributed by atoms with Gasteiger partial charge >= 0.3 is 0 Å². The van der Waals surface area contributed by atoms with Gasteiger partial charge in [0, 0.05) is 49.3 Å². The van der Waals surface area contributed by atoms with E-state index in [0.29, 0.717) is 5.92 Å². The Morgan fingerprint density at radius 2 is 1.78 bits per heavy atom. The molecular formula is C24H32N8. The first-order valence-corrected chi connectivity index (χ1v) is 11.8. The van der Waals surface area contributed by atoms with Crippen LogP contribution >= 0.6 is 0 Å². The number of hydrogen-bond donors (Lipinski definition) is 1. The highest BCUT2D eigenvalue weighted by Crippen LogP contribution is 2.32. The van der Waals surface area contributed by atoms with Crippen LogP contribution in [0.2, 0.25) is 0 Å². The third-order valence-corrected chi connectivity index (χ3v) is 6.46. The third-order valence-electron chi connectivity index (χ3n) is 6.46. The van der Waals surface area contributed by atoms with Gasteiger partial charge in [0.2, 0.25) is 5.95 Å². The molecule has 32 heavy (non-hydrogen) atoms. The van der Waals surface area contributed by atoms with Gasteiger partial charge in [-0.3, -0.25) is 0 Å². The average Bonchev–Trinajstić information content (AvgIpc) is 3.33. The molecule has 168 valence electrons. The number of fused-ring (bicyclic) bond motifs is 1. The number of hydrogen-bond acceptors (Lipinski definition) is 8. The quantitative estimate of drug-likeness (QED) is 0.630. The fourth-order valence-corrected chi connectivity index (χ4v) is 4.78. The van der Waals surface area contributed by atoms with Gasteiger partial charge in [-0.05, 0) is 49.7 Å². The van der Waals surface area contributed by atoms with Crippen molar-refractivity contribution in [3.63, 3.8) is 0 Å². The Labute approximate surface area is 189 Å². The topological polar surface area (TPSA) is 83.0 Å². The molecule has 3 aromatic heterocycles. The summed E-state index contributed by atoms with van der Waals surface area (Å²) in [6.07, 6.45) is 8.62. The van der Waals surface area contributed by atoms with Crippen molar-refractivity contribution in [3.05, 3.63) is 30.2 Å². The zero-order chi connectivity index (χ0) is 22.1. The highest BCUT2D eigenvalue weighted by molar-refractivity contribution is 5.94. The minimum atomic E-state index is 0.277. The number of nitrogens with one attached hydrogen (secondary N) is 1. The molecule has 2 saturated heterocycles. The molecule has 8 heteroatoms. The molecule has 2 aliphatic rings. The van der Waals surface area contributed by atoms with Crippen LogP contribution in [0.4, 0.5) is 23.4 Å². The second-order valence-corrected chi connectivity index (χ2v) is 9.43. The molecule has 1 unspecified atom stereocenters. The molecule has 8 nitrogen and oxygen atoms in total. The van der Waals surface area contributed by atoms with Gasteiger partial charge in [0.1, 0.15) is 11.6 Å². The molecule has 0 aliphatic carbocycles. The molecular weight excluding hydrogens is 400 g/mol. The van der Waals surface area contributed by atoms with E-state index in [1.165, 1.54) is 25.7 Å². The van der Waals surface area contributed by atoms with E-state index in [1.54, 1.807) is 0 Å². The van der Waals surface area contributed by atoms with E-state index in [0.717, 1.165) is 66.0 Å². The fourth-order valence-electron chi connectivity index (χ4n) is 4.78. The van der Waals surface area contributed by atoms with Crippen LogP contribution in [-0.4, -0.2) is 51.3 Å². The van der Waals surface area contributed by atoms with Crippen LogP contribution in [-0.2, 0) is 0 Å². The minimum Gasteiger partial charge on any atom is -0.355 e. The van der Waals surface area contributed by atoms with Crippen molar-refractivity contribution >= 4 is 34.2 Å². The highest BCUT2D eigenvalue weighted by atomic mass is 15.3. The highest BCUT2D eigenvalue weighted by Gasteiger charge is 2.21. The van der Waals surface area contributed by atoms with Gasteiger partial charge in [-0.2, -0.15) is 10.1 Å². The van der Waals surface area contributed by atoms with Crippen molar-refractivity contribution in [2.24, 2.45) is 5.92 Å². The van der Waals surface area contributed by atoms with Gasteiger partial charge < -0.3 is 15.1 Å². The van der Waals surface area contributed by atoms with Crippen LogP contribution in [0.1, 0.15) is 58.1 Å². The zero-order valence-electron chi connectivity index (χ0n) is 19.3. The largest absolute Gasteiger partial charge is 0.355 e. The molecule has 3 aromatic rings. The summed E-state index contributed by atoms with van der Waals surface area (Å²) in [5, 5.41) is 14.8. The average molecular weight is 433 g/mol. The van der Waals surface area contributed by atoms with Crippen molar-refractivity contribution in [1.82, 2.24) is 25.1 Å². The van der Waals surface area contributed by atoms with Crippen LogP contribution in [0.5, 0.6) is 0 Å². The lowest BCUT2D eigenvalue weighted by molar-refractivity contribution is 0.442. The summed E-state index contributed by atoms with van der Waals surface area (Å²) in [5.74, 6) is 4.20. The first kappa shape index (κ1) is 20.8. The lowest BCUT2D eigenvalue weighted by Crippen LogP contribution is -2.35. The Balaban J connectivity index is 1.46. The normalized spacial score (nSPS) is 19.2. The first-order chi connectivity index (χ1) is 15.6. The SMILES string of the molecule is CC1CCCN(c2nccc(Nc3cc4c(C(C)C)nnc(N5CCCC5)c4cn3)n2)C1. The first-order valence-electron chi connectivity index (χ1n) is 11.8. The number of nitrogens with zero attached hydrogens (tertiary/aromatic N) is 7. The molecule has 5 heterocycles. The summed E-state index contributed by atoms with van der Waals surface area (Å²) in [7, 11) is 0. The molecule has 2 aliphatic heterocycles. The summed E-state index contributed by atoms with van der Waals surface area (Å²) >= 11 is 0. The van der Waals surface area contributed by atoms with Gasteiger partial charge in [-0.1, -0.05) is 20.8 Å². The number of aromatic nitrogens is 5. The fraction of sp³-hybridized carbons (Fsp3) is 0.542. The number of pyridine rings is 1. The monoisotopic (exact) mass is 432 g/mol. The maximum atomic E-state index is 4.77. The molecule has 2 fully saturated rings. The van der Waals surface area contributed by atoms with E-state index < -0.39 is 0 Å². The van der Waals surface area contributed by atoms with E-state index >= 15 is 0 Å². The van der Waals surface area contributed by atoms with Crippen LogP contribution in [0.15, 0.2) is 24.5 Å². The van der Waals surface area contributed by atoms with E-state index in [1.807, 2.05) is 18.5 Å². The molecule has 0 radical (unpaired) electrons. The molecule has 5 rings (SSSR count). The van der Waals surface area contributed by atoms with E-state index in [-0.39, 0.29) is 5.92 Å². The van der Waals surface area contributed by atoms with Crippen molar-refractivity contribution < 1.29 is 0 Å². The standard InChI is InChI=1S/C24H32N8/c1-16(2)22-18-13-21(26-14-19(18)23(30-29-22)31-10-4-5-11-31)27-20-8-9-25-24(28-20)32-12-6-7-17(3)15-32/h8-9,13-14,16-17H,4-7,10-12,15H2,1-3H3,(H,25,26,27,28). The second-order valence-electron chi connectivity index (χ2n) is 9.43. The van der Waals surface area contributed by atoms with Gasteiger partial charge in [-0.15, -0.1) is 5.10 Å². The molecule has 1 atom stereocenters. The minimum absolute atomic E-state index is 0.277. The maximum Gasteiger partial charge on any atom is 0.227 e. The number of anilines is 4. The lowest BCUT2D eigenvalue weighted by Gasteiger charge is -2.30.